The van der Waals surface area contributed by atoms with E-state index in [1.165, 1.54) is 19.3 Å². The minimum Gasteiger partial charge on any atom is -0.490 e. The van der Waals surface area contributed by atoms with E-state index in [9.17, 15) is 4.79 Å². The Bertz CT molecular complexity index is 555. The topological polar surface area (TPSA) is 38.8 Å². The Hall–Kier alpha value is -1.55. The molecular formula is C19H25NO3. The van der Waals surface area contributed by atoms with Crippen LogP contribution in [0.2, 0.25) is 0 Å². The number of likely N-dealkylation sites (tertiary alicyclic amines) is 1. The van der Waals surface area contributed by atoms with E-state index >= 15 is 0 Å². The van der Waals surface area contributed by atoms with Gasteiger partial charge in [0, 0.05) is 19.7 Å². The largest absolute Gasteiger partial charge is 0.490 e. The third-order valence-electron chi connectivity index (χ3n) is 5.58. The van der Waals surface area contributed by atoms with E-state index in [4.69, 9.17) is 9.47 Å². The molecule has 2 saturated heterocycles. The zero-order valence-electron chi connectivity index (χ0n) is 13.6. The summed E-state index contributed by atoms with van der Waals surface area (Å²) in [5.74, 6) is 2.27. The Morgan fingerprint density at radius 3 is 2.65 bits per heavy atom. The highest BCUT2D eigenvalue weighted by Crippen LogP contribution is 2.38. The number of benzene rings is 1. The number of ether oxygens (including phenoxy) is 2. The summed E-state index contributed by atoms with van der Waals surface area (Å²) >= 11 is 0. The molecule has 1 aliphatic carbocycles. The van der Waals surface area contributed by atoms with Gasteiger partial charge in [-0.25, -0.2) is 0 Å². The van der Waals surface area contributed by atoms with Crippen molar-refractivity contribution >= 4 is 5.91 Å². The van der Waals surface area contributed by atoms with Crippen molar-refractivity contribution in [3.8, 4) is 5.75 Å². The van der Waals surface area contributed by atoms with Crippen molar-refractivity contribution < 1.29 is 14.3 Å². The second kappa shape index (κ2) is 6.52. The first-order valence-corrected chi connectivity index (χ1v) is 8.94. The molecule has 0 N–H and O–H groups in total. The van der Waals surface area contributed by atoms with Gasteiger partial charge in [0.05, 0.1) is 11.7 Å². The molecule has 4 rings (SSSR count). The molecule has 23 heavy (non-hydrogen) atoms. The zero-order valence-corrected chi connectivity index (χ0v) is 13.6. The normalized spacial score (nSPS) is 29.7. The first kappa shape index (κ1) is 15.0. The maximum absolute atomic E-state index is 12.9. The van der Waals surface area contributed by atoms with Gasteiger partial charge in [0.2, 0.25) is 0 Å². The van der Waals surface area contributed by atoms with Crippen LogP contribution in [-0.4, -0.2) is 43.2 Å². The Morgan fingerprint density at radius 1 is 1.13 bits per heavy atom. The summed E-state index contributed by atoms with van der Waals surface area (Å²) in [6.45, 7) is 3.20. The van der Waals surface area contributed by atoms with Gasteiger partial charge in [-0.05, 0) is 49.7 Å². The van der Waals surface area contributed by atoms with Gasteiger partial charge >= 0.3 is 0 Å². The molecule has 3 aliphatic rings. The summed E-state index contributed by atoms with van der Waals surface area (Å²) in [5, 5.41) is 0. The van der Waals surface area contributed by atoms with Gasteiger partial charge in [-0.3, -0.25) is 4.79 Å². The van der Waals surface area contributed by atoms with Crippen molar-refractivity contribution in [2.75, 3.05) is 26.3 Å². The summed E-state index contributed by atoms with van der Waals surface area (Å²) in [4.78, 5) is 14.9. The molecule has 1 aromatic rings. The van der Waals surface area contributed by atoms with Gasteiger partial charge in [-0.1, -0.05) is 18.6 Å². The average molecular weight is 315 g/mol. The van der Waals surface area contributed by atoms with Crippen molar-refractivity contribution in [1.29, 1.82) is 0 Å². The van der Waals surface area contributed by atoms with E-state index in [-0.39, 0.29) is 12.0 Å². The number of carbonyl (C=O) groups is 1. The molecule has 1 aromatic carbocycles. The molecule has 124 valence electrons. The molecule has 0 aromatic heterocycles. The quantitative estimate of drug-likeness (QED) is 0.857. The Labute approximate surface area is 137 Å². The van der Waals surface area contributed by atoms with Crippen molar-refractivity contribution in [1.82, 2.24) is 4.90 Å². The fraction of sp³-hybridized carbons (Fsp3) is 0.632. The van der Waals surface area contributed by atoms with Crippen molar-refractivity contribution in [3.63, 3.8) is 0 Å². The van der Waals surface area contributed by atoms with Crippen LogP contribution >= 0.6 is 0 Å². The number of rotatable bonds is 4. The number of nitrogens with zero attached hydrogens (tertiary/aromatic N) is 1. The molecule has 0 spiro atoms. The monoisotopic (exact) mass is 315 g/mol. The smallest absolute Gasteiger partial charge is 0.257 e. The molecule has 3 fully saturated rings. The van der Waals surface area contributed by atoms with Crippen LogP contribution in [0.3, 0.4) is 0 Å². The van der Waals surface area contributed by atoms with E-state index in [2.05, 4.69) is 0 Å². The molecular weight excluding hydrogens is 290 g/mol. The number of para-hydroxylation sites is 1. The van der Waals surface area contributed by atoms with Crippen LogP contribution in [0.25, 0.3) is 0 Å². The number of carbonyl (C=O) groups excluding carboxylic acids is 1. The fourth-order valence-electron chi connectivity index (χ4n) is 4.30. The van der Waals surface area contributed by atoms with Gasteiger partial charge in [0.15, 0.2) is 0 Å². The van der Waals surface area contributed by atoms with Gasteiger partial charge in [-0.2, -0.15) is 0 Å². The summed E-state index contributed by atoms with van der Waals surface area (Å²) in [6.07, 6.45) is 6.22. The third-order valence-corrected chi connectivity index (χ3v) is 5.58. The Kier molecular flexibility index (Phi) is 4.25. The third kappa shape index (κ3) is 3.09. The fourth-order valence-corrected chi connectivity index (χ4v) is 4.30. The molecule has 2 aliphatic heterocycles. The van der Waals surface area contributed by atoms with Gasteiger partial charge < -0.3 is 14.4 Å². The number of hydrogen-bond donors (Lipinski definition) is 0. The lowest BCUT2D eigenvalue weighted by molar-refractivity contribution is 0.0655. The van der Waals surface area contributed by atoms with E-state index in [0.717, 1.165) is 44.4 Å². The SMILES string of the molecule is O=C(c1ccccc1OC[C@H]1CCCO1)N1C[C@H]2CCC[C@H]2C1. The molecule has 3 atom stereocenters. The highest BCUT2D eigenvalue weighted by atomic mass is 16.5. The minimum absolute atomic E-state index is 0.127. The molecule has 4 nitrogen and oxygen atoms in total. The standard InChI is InChI=1S/C19H25NO3/c21-19(20-11-14-5-3-6-15(14)12-20)17-8-1-2-9-18(17)23-13-16-7-4-10-22-16/h1-2,8-9,14-16H,3-7,10-13H2/t14-,15+,16-/m1/s1. The van der Waals surface area contributed by atoms with Crippen molar-refractivity contribution in [2.24, 2.45) is 11.8 Å². The lowest BCUT2D eigenvalue weighted by Gasteiger charge is -2.20. The number of amides is 1. The number of hydrogen-bond acceptors (Lipinski definition) is 3. The summed E-state index contributed by atoms with van der Waals surface area (Å²) in [6, 6.07) is 7.64. The Balaban J connectivity index is 1.44. The van der Waals surface area contributed by atoms with Crippen molar-refractivity contribution in [2.45, 2.75) is 38.2 Å². The van der Waals surface area contributed by atoms with Crippen molar-refractivity contribution in [3.05, 3.63) is 29.8 Å². The van der Waals surface area contributed by atoms with Gasteiger partial charge in [0.25, 0.3) is 5.91 Å². The van der Waals surface area contributed by atoms with Crippen LogP contribution in [0.15, 0.2) is 24.3 Å². The molecule has 0 unspecified atom stereocenters. The van der Waals surface area contributed by atoms with E-state index in [1.54, 1.807) is 0 Å². The molecule has 1 saturated carbocycles. The first-order valence-electron chi connectivity index (χ1n) is 8.94. The highest BCUT2D eigenvalue weighted by Gasteiger charge is 2.38. The first-order chi connectivity index (χ1) is 11.3. The highest BCUT2D eigenvalue weighted by molar-refractivity contribution is 5.97. The molecule has 0 bridgehead atoms. The predicted molar refractivity (Wildman–Crippen MR) is 87.6 cm³/mol. The lowest BCUT2D eigenvalue weighted by atomic mass is 10.0. The van der Waals surface area contributed by atoms with Crippen LogP contribution < -0.4 is 4.74 Å². The van der Waals surface area contributed by atoms with Crippen LogP contribution in [-0.2, 0) is 4.74 Å². The number of fused-ring (bicyclic) bond motifs is 1. The minimum atomic E-state index is 0.127. The second-order valence-corrected chi connectivity index (χ2v) is 7.10. The maximum atomic E-state index is 12.9. The summed E-state index contributed by atoms with van der Waals surface area (Å²) in [7, 11) is 0. The maximum Gasteiger partial charge on any atom is 0.257 e. The van der Waals surface area contributed by atoms with Crippen LogP contribution in [0.4, 0.5) is 0 Å². The van der Waals surface area contributed by atoms with Gasteiger partial charge in [-0.15, -0.1) is 0 Å². The lowest BCUT2D eigenvalue weighted by Crippen LogP contribution is -2.30. The molecule has 4 heteroatoms. The molecule has 2 heterocycles. The van der Waals surface area contributed by atoms with E-state index < -0.39 is 0 Å². The second-order valence-electron chi connectivity index (χ2n) is 7.10. The van der Waals surface area contributed by atoms with Crippen LogP contribution in [0, 0.1) is 11.8 Å². The Morgan fingerprint density at radius 2 is 1.91 bits per heavy atom. The average Bonchev–Trinajstić information content (AvgIpc) is 3.29. The summed E-state index contributed by atoms with van der Waals surface area (Å²) < 4.78 is 11.5. The zero-order chi connectivity index (χ0) is 15.6. The van der Waals surface area contributed by atoms with Crippen LogP contribution in [0.5, 0.6) is 5.75 Å². The molecule has 1 amide bonds. The molecule has 0 radical (unpaired) electrons. The predicted octanol–water partition coefficient (Wildman–Crippen LogP) is 3.12. The van der Waals surface area contributed by atoms with Crippen LogP contribution in [0.1, 0.15) is 42.5 Å². The summed E-state index contributed by atoms with van der Waals surface area (Å²) in [5.41, 5.74) is 0.700. The van der Waals surface area contributed by atoms with E-state index in [1.807, 2.05) is 29.2 Å². The van der Waals surface area contributed by atoms with Gasteiger partial charge in [0.1, 0.15) is 12.4 Å². The van der Waals surface area contributed by atoms with E-state index in [0.29, 0.717) is 17.9 Å².